The van der Waals surface area contributed by atoms with Crippen molar-refractivity contribution in [2.24, 2.45) is 0 Å². The van der Waals surface area contributed by atoms with Gasteiger partial charge in [0.1, 0.15) is 12.4 Å². The lowest BCUT2D eigenvalue weighted by molar-refractivity contribution is 0.306. The van der Waals surface area contributed by atoms with Gasteiger partial charge in [0.2, 0.25) is 0 Å². The average Bonchev–Trinajstić information content (AvgIpc) is 2.28. The third kappa shape index (κ3) is 2.91. The number of rotatable bonds is 3. The van der Waals surface area contributed by atoms with E-state index in [2.05, 4.69) is 0 Å². The van der Waals surface area contributed by atoms with E-state index in [1.54, 1.807) is 6.07 Å². The molecule has 82 valence electrons. The van der Waals surface area contributed by atoms with Crippen molar-refractivity contribution >= 4 is 17.3 Å². The SMILES string of the molecule is Nc1cccc(OCc2ccc(Cl)cc2)c1. The van der Waals surface area contributed by atoms with Gasteiger partial charge >= 0.3 is 0 Å². The van der Waals surface area contributed by atoms with Crippen molar-refractivity contribution in [2.45, 2.75) is 6.61 Å². The van der Waals surface area contributed by atoms with Crippen LogP contribution < -0.4 is 10.5 Å². The van der Waals surface area contributed by atoms with E-state index in [1.807, 2.05) is 42.5 Å². The highest BCUT2D eigenvalue weighted by molar-refractivity contribution is 6.30. The van der Waals surface area contributed by atoms with E-state index in [1.165, 1.54) is 0 Å². The number of nitrogen functional groups attached to an aromatic ring is 1. The van der Waals surface area contributed by atoms with Crippen LogP contribution in [0.5, 0.6) is 5.75 Å². The van der Waals surface area contributed by atoms with Crippen molar-refractivity contribution < 1.29 is 4.74 Å². The molecule has 0 aromatic heterocycles. The van der Waals surface area contributed by atoms with Crippen molar-refractivity contribution in [1.29, 1.82) is 0 Å². The number of nitrogens with two attached hydrogens (primary N) is 1. The van der Waals surface area contributed by atoms with Crippen LogP contribution in [0.15, 0.2) is 48.5 Å². The lowest BCUT2D eigenvalue weighted by atomic mass is 10.2. The standard InChI is InChI=1S/C13H12ClNO/c14-11-6-4-10(5-7-11)9-16-13-3-1-2-12(15)8-13/h1-8H,9,15H2. The van der Waals surface area contributed by atoms with E-state index in [4.69, 9.17) is 22.1 Å². The number of hydrogen-bond donors (Lipinski definition) is 1. The summed E-state index contributed by atoms with van der Waals surface area (Å²) in [5, 5.41) is 0.729. The Morgan fingerprint density at radius 2 is 1.81 bits per heavy atom. The van der Waals surface area contributed by atoms with Crippen molar-refractivity contribution in [1.82, 2.24) is 0 Å². The Hall–Kier alpha value is -1.67. The summed E-state index contributed by atoms with van der Waals surface area (Å²) in [4.78, 5) is 0. The van der Waals surface area contributed by atoms with E-state index in [0.717, 1.165) is 16.3 Å². The third-order valence-electron chi connectivity index (χ3n) is 2.18. The second-order valence-corrected chi connectivity index (χ2v) is 3.92. The Kier molecular flexibility index (Phi) is 3.32. The molecule has 2 N–H and O–H groups in total. The van der Waals surface area contributed by atoms with Crippen LogP contribution in [0, 0.1) is 0 Å². The van der Waals surface area contributed by atoms with Crippen molar-refractivity contribution in [3.63, 3.8) is 0 Å². The highest BCUT2D eigenvalue weighted by Crippen LogP contribution is 2.17. The van der Waals surface area contributed by atoms with Gasteiger partial charge in [-0.05, 0) is 29.8 Å². The number of benzene rings is 2. The van der Waals surface area contributed by atoms with Crippen LogP contribution in [0.4, 0.5) is 5.69 Å². The van der Waals surface area contributed by atoms with Crippen molar-refractivity contribution in [3.05, 3.63) is 59.1 Å². The Morgan fingerprint density at radius 3 is 2.50 bits per heavy atom. The molecule has 0 fully saturated rings. The smallest absolute Gasteiger partial charge is 0.121 e. The Morgan fingerprint density at radius 1 is 1.06 bits per heavy atom. The molecule has 0 unspecified atom stereocenters. The molecule has 0 aliphatic rings. The van der Waals surface area contributed by atoms with Crippen LogP contribution in [0.25, 0.3) is 0 Å². The van der Waals surface area contributed by atoms with Gasteiger partial charge in [0.05, 0.1) is 0 Å². The zero-order valence-electron chi connectivity index (χ0n) is 8.69. The molecule has 0 spiro atoms. The van der Waals surface area contributed by atoms with Crippen LogP contribution in [0.3, 0.4) is 0 Å². The van der Waals surface area contributed by atoms with Gasteiger partial charge in [-0.25, -0.2) is 0 Å². The molecule has 0 heterocycles. The molecule has 16 heavy (non-hydrogen) atoms. The average molecular weight is 234 g/mol. The number of anilines is 1. The quantitative estimate of drug-likeness (QED) is 0.824. The monoisotopic (exact) mass is 233 g/mol. The summed E-state index contributed by atoms with van der Waals surface area (Å²) in [7, 11) is 0. The lowest BCUT2D eigenvalue weighted by Crippen LogP contribution is -1.95. The maximum atomic E-state index is 5.79. The van der Waals surface area contributed by atoms with Crippen LogP contribution in [0.1, 0.15) is 5.56 Å². The number of halogens is 1. The minimum Gasteiger partial charge on any atom is -0.489 e. The van der Waals surface area contributed by atoms with Crippen molar-refractivity contribution in [2.75, 3.05) is 5.73 Å². The summed E-state index contributed by atoms with van der Waals surface area (Å²) in [6.07, 6.45) is 0. The highest BCUT2D eigenvalue weighted by atomic mass is 35.5. The van der Waals surface area contributed by atoms with Gasteiger partial charge in [-0.3, -0.25) is 0 Å². The molecule has 0 aliphatic heterocycles. The fourth-order valence-electron chi connectivity index (χ4n) is 1.35. The summed E-state index contributed by atoms with van der Waals surface area (Å²) in [6.45, 7) is 0.515. The molecule has 2 nitrogen and oxygen atoms in total. The Bertz CT molecular complexity index is 468. The molecule has 0 atom stereocenters. The Balaban J connectivity index is 1.99. The molecule has 0 radical (unpaired) electrons. The molecular weight excluding hydrogens is 222 g/mol. The fourth-order valence-corrected chi connectivity index (χ4v) is 1.48. The maximum Gasteiger partial charge on any atom is 0.121 e. The first-order valence-corrected chi connectivity index (χ1v) is 5.34. The minimum absolute atomic E-state index is 0.515. The van der Waals surface area contributed by atoms with E-state index in [0.29, 0.717) is 12.3 Å². The van der Waals surface area contributed by atoms with E-state index >= 15 is 0 Å². The first-order valence-electron chi connectivity index (χ1n) is 4.97. The molecule has 2 rings (SSSR count). The first-order chi connectivity index (χ1) is 7.74. The molecule has 0 saturated heterocycles. The molecule has 2 aromatic carbocycles. The van der Waals surface area contributed by atoms with E-state index in [-0.39, 0.29) is 0 Å². The third-order valence-corrected chi connectivity index (χ3v) is 2.43. The molecule has 0 aliphatic carbocycles. The second-order valence-electron chi connectivity index (χ2n) is 3.49. The van der Waals surface area contributed by atoms with Gasteiger partial charge in [0.25, 0.3) is 0 Å². The molecule has 3 heteroatoms. The maximum absolute atomic E-state index is 5.79. The summed E-state index contributed by atoms with van der Waals surface area (Å²) in [6, 6.07) is 15.0. The van der Waals surface area contributed by atoms with Crippen molar-refractivity contribution in [3.8, 4) is 5.75 Å². The van der Waals surface area contributed by atoms with Crippen LogP contribution >= 0.6 is 11.6 Å². The molecule has 0 saturated carbocycles. The van der Waals surface area contributed by atoms with Gasteiger partial charge in [-0.1, -0.05) is 29.8 Å². The van der Waals surface area contributed by atoms with Crippen LogP contribution in [0.2, 0.25) is 5.02 Å². The molecule has 0 bridgehead atoms. The van der Waals surface area contributed by atoms with E-state index in [9.17, 15) is 0 Å². The molecular formula is C13H12ClNO. The second kappa shape index (κ2) is 4.90. The number of ether oxygens (including phenoxy) is 1. The van der Waals surface area contributed by atoms with Crippen LogP contribution in [-0.2, 0) is 6.61 Å². The lowest BCUT2D eigenvalue weighted by Gasteiger charge is -2.06. The zero-order valence-corrected chi connectivity index (χ0v) is 9.45. The normalized spacial score (nSPS) is 10.1. The summed E-state index contributed by atoms with van der Waals surface area (Å²) >= 11 is 5.79. The van der Waals surface area contributed by atoms with Crippen LogP contribution in [-0.4, -0.2) is 0 Å². The summed E-state index contributed by atoms with van der Waals surface area (Å²) in [5.74, 6) is 0.773. The van der Waals surface area contributed by atoms with Gasteiger partial charge in [-0.15, -0.1) is 0 Å². The predicted octanol–water partition coefficient (Wildman–Crippen LogP) is 3.50. The predicted molar refractivity (Wildman–Crippen MR) is 66.6 cm³/mol. The van der Waals surface area contributed by atoms with E-state index < -0.39 is 0 Å². The summed E-state index contributed by atoms with van der Waals surface area (Å²) in [5.41, 5.74) is 7.43. The largest absolute Gasteiger partial charge is 0.489 e. The Labute approximate surface area is 99.6 Å². The summed E-state index contributed by atoms with van der Waals surface area (Å²) < 4.78 is 5.59. The zero-order chi connectivity index (χ0) is 11.4. The number of hydrogen-bond acceptors (Lipinski definition) is 2. The first kappa shape index (κ1) is 10.8. The van der Waals surface area contributed by atoms with Gasteiger partial charge in [0, 0.05) is 16.8 Å². The highest BCUT2D eigenvalue weighted by Gasteiger charge is 1.96. The topological polar surface area (TPSA) is 35.2 Å². The molecule has 0 amide bonds. The molecule has 2 aromatic rings. The van der Waals surface area contributed by atoms with Gasteiger partial charge in [0.15, 0.2) is 0 Å². The van der Waals surface area contributed by atoms with Gasteiger partial charge in [-0.2, -0.15) is 0 Å². The van der Waals surface area contributed by atoms with Gasteiger partial charge < -0.3 is 10.5 Å². The minimum atomic E-state index is 0.515. The fraction of sp³-hybridized carbons (Fsp3) is 0.0769.